The normalized spacial score (nSPS) is 12.6. The Morgan fingerprint density at radius 3 is 2.89 bits per heavy atom. The molecule has 0 saturated carbocycles. The summed E-state index contributed by atoms with van der Waals surface area (Å²) in [6.07, 6.45) is 3.78. The maximum atomic E-state index is 4.54. The predicted octanol–water partition coefficient (Wildman–Crippen LogP) is 2.91. The molecule has 0 saturated heterocycles. The van der Waals surface area contributed by atoms with Crippen LogP contribution in [0.1, 0.15) is 34.9 Å². The predicted molar refractivity (Wildman–Crippen MR) is 76.0 cm³/mol. The summed E-state index contributed by atoms with van der Waals surface area (Å²) >= 11 is 1.72. The number of thiazole rings is 1. The summed E-state index contributed by atoms with van der Waals surface area (Å²) in [4.78, 5) is 9.07. The molecule has 2 heterocycles. The summed E-state index contributed by atoms with van der Waals surface area (Å²) in [6, 6.07) is 4.40. The average Bonchev–Trinajstić information content (AvgIpc) is 2.81. The van der Waals surface area contributed by atoms with Gasteiger partial charge in [-0.1, -0.05) is 13.0 Å². The number of pyridine rings is 1. The van der Waals surface area contributed by atoms with E-state index in [1.54, 1.807) is 11.3 Å². The van der Waals surface area contributed by atoms with Gasteiger partial charge in [-0.05, 0) is 32.0 Å². The van der Waals surface area contributed by atoms with Crippen molar-refractivity contribution in [1.82, 2.24) is 15.3 Å². The number of aryl methyl sites for hydroxylation is 2. The van der Waals surface area contributed by atoms with Crippen LogP contribution in [-0.4, -0.2) is 17.0 Å². The Morgan fingerprint density at radius 1 is 1.44 bits per heavy atom. The number of aromatic nitrogens is 2. The van der Waals surface area contributed by atoms with Gasteiger partial charge in [0.15, 0.2) is 0 Å². The number of hydrogen-bond acceptors (Lipinski definition) is 4. The molecule has 1 atom stereocenters. The van der Waals surface area contributed by atoms with E-state index in [9.17, 15) is 0 Å². The van der Waals surface area contributed by atoms with Crippen molar-refractivity contribution in [3.63, 3.8) is 0 Å². The lowest BCUT2D eigenvalue weighted by Crippen LogP contribution is -2.21. The third-order valence-electron chi connectivity index (χ3n) is 3.03. The third-order valence-corrected chi connectivity index (χ3v) is 4.02. The first-order valence-corrected chi connectivity index (χ1v) is 7.14. The first-order valence-electron chi connectivity index (χ1n) is 6.26. The molecule has 2 aromatic heterocycles. The summed E-state index contributed by atoms with van der Waals surface area (Å²) in [7, 11) is 1.99. The fraction of sp³-hybridized carbons (Fsp3) is 0.429. The van der Waals surface area contributed by atoms with Gasteiger partial charge in [-0.3, -0.25) is 4.98 Å². The molecule has 0 spiro atoms. The van der Waals surface area contributed by atoms with Gasteiger partial charge in [-0.15, -0.1) is 11.3 Å². The van der Waals surface area contributed by atoms with E-state index in [2.05, 4.69) is 33.7 Å². The van der Waals surface area contributed by atoms with Crippen molar-refractivity contribution in [3.05, 3.63) is 45.7 Å². The van der Waals surface area contributed by atoms with E-state index in [4.69, 9.17) is 0 Å². The zero-order valence-corrected chi connectivity index (χ0v) is 11.9. The summed E-state index contributed by atoms with van der Waals surface area (Å²) < 4.78 is 0. The minimum Gasteiger partial charge on any atom is -0.311 e. The number of hydrogen-bond donors (Lipinski definition) is 1. The quantitative estimate of drug-likeness (QED) is 0.899. The first-order chi connectivity index (χ1) is 8.74. The van der Waals surface area contributed by atoms with Crippen LogP contribution in [0, 0.1) is 6.92 Å². The van der Waals surface area contributed by atoms with Gasteiger partial charge in [0.1, 0.15) is 0 Å². The molecule has 4 heteroatoms. The van der Waals surface area contributed by atoms with Crippen LogP contribution >= 0.6 is 11.3 Å². The highest BCUT2D eigenvalue weighted by atomic mass is 32.1. The van der Waals surface area contributed by atoms with Crippen molar-refractivity contribution in [1.29, 1.82) is 0 Å². The Morgan fingerprint density at radius 2 is 2.28 bits per heavy atom. The largest absolute Gasteiger partial charge is 0.311 e. The fourth-order valence-electron chi connectivity index (χ4n) is 2.07. The van der Waals surface area contributed by atoms with Crippen LogP contribution in [0.4, 0.5) is 0 Å². The monoisotopic (exact) mass is 261 g/mol. The van der Waals surface area contributed by atoms with E-state index in [1.807, 2.05) is 26.2 Å². The van der Waals surface area contributed by atoms with Gasteiger partial charge >= 0.3 is 0 Å². The standard InChI is InChI=1S/C14H19N3S/c1-4-11-6-5-7-16-14(11)12(15-3)8-13-17-10(2)9-18-13/h5-7,9,12,15H,4,8H2,1-3H3. The molecule has 0 fully saturated rings. The maximum Gasteiger partial charge on any atom is 0.0947 e. The average molecular weight is 261 g/mol. The fourth-order valence-corrected chi connectivity index (χ4v) is 2.89. The molecule has 1 N–H and O–H groups in total. The smallest absolute Gasteiger partial charge is 0.0947 e. The lowest BCUT2D eigenvalue weighted by Gasteiger charge is -2.17. The highest BCUT2D eigenvalue weighted by Crippen LogP contribution is 2.22. The third kappa shape index (κ3) is 2.94. The Kier molecular flexibility index (Phi) is 4.44. The van der Waals surface area contributed by atoms with E-state index in [1.165, 1.54) is 10.6 Å². The topological polar surface area (TPSA) is 37.8 Å². The van der Waals surface area contributed by atoms with E-state index in [0.29, 0.717) is 0 Å². The molecule has 0 aromatic carbocycles. The molecule has 2 rings (SSSR count). The minimum absolute atomic E-state index is 0.242. The molecule has 96 valence electrons. The SMILES string of the molecule is CCc1cccnc1C(Cc1nc(C)cs1)NC. The molecule has 0 aliphatic carbocycles. The summed E-state index contributed by atoms with van der Waals surface area (Å²) in [5.41, 5.74) is 3.56. The van der Waals surface area contributed by atoms with E-state index >= 15 is 0 Å². The molecular weight excluding hydrogens is 242 g/mol. The highest BCUT2D eigenvalue weighted by Gasteiger charge is 2.16. The lowest BCUT2D eigenvalue weighted by atomic mass is 10.0. The van der Waals surface area contributed by atoms with Crippen LogP contribution in [0.25, 0.3) is 0 Å². The molecule has 0 aliphatic rings. The summed E-state index contributed by atoms with van der Waals surface area (Å²) in [5.74, 6) is 0. The van der Waals surface area contributed by atoms with Gasteiger partial charge in [-0.2, -0.15) is 0 Å². The van der Waals surface area contributed by atoms with Gasteiger partial charge in [-0.25, -0.2) is 4.98 Å². The second-order valence-electron chi connectivity index (χ2n) is 4.33. The van der Waals surface area contributed by atoms with Gasteiger partial charge in [0.25, 0.3) is 0 Å². The Bertz CT molecular complexity index is 507. The van der Waals surface area contributed by atoms with Crippen molar-refractivity contribution in [2.75, 3.05) is 7.05 Å². The second kappa shape index (κ2) is 6.07. The molecule has 0 amide bonds. The highest BCUT2D eigenvalue weighted by molar-refractivity contribution is 7.09. The number of likely N-dealkylation sites (N-methyl/N-ethyl adjacent to an activating group) is 1. The lowest BCUT2D eigenvalue weighted by molar-refractivity contribution is 0.568. The molecule has 3 nitrogen and oxygen atoms in total. The van der Waals surface area contributed by atoms with Gasteiger partial charge < -0.3 is 5.32 Å². The zero-order valence-electron chi connectivity index (χ0n) is 11.1. The molecule has 0 bridgehead atoms. The van der Waals surface area contributed by atoms with Crippen LogP contribution in [0.3, 0.4) is 0 Å². The van der Waals surface area contributed by atoms with Crippen molar-refractivity contribution >= 4 is 11.3 Å². The molecule has 1 unspecified atom stereocenters. The van der Waals surface area contributed by atoms with Crippen molar-refractivity contribution in [3.8, 4) is 0 Å². The molecule has 2 aromatic rings. The van der Waals surface area contributed by atoms with Gasteiger partial charge in [0.2, 0.25) is 0 Å². The van der Waals surface area contributed by atoms with Crippen molar-refractivity contribution in [2.45, 2.75) is 32.7 Å². The summed E-state index contributed by atoms with van der Waals surface area (Å²) in [6.45, 7) is 4.20. The van der Waals surface area contributed by atoms with Gasteiger partial charge in [0.05, 0.1) is 16.7 Å². The van der Waals surface area contributed by atoms with Crippen LogP contribution in [-0.2, 0) is 12.8 Å². The molecular formula is C14H19N3S. The van der Waals surface area contributed by atoms with Crippen molar-refractivity contribution in [2.24, 2.45) is 0 Å². The molecule has 18 heavy (non-hydrogen) atoms. The van der Waals surface area contributed by atoms with Gasteiger partial charge in [0, 0.05) is 23.7 Å². The van der Waals surface area contributed by atoms with E-state index < -0.39 is 0 Å². The zero-order chi connectivity index (χ0) is 13.0. The molecule has 0 radical (unpaired) electrons. The number of rotatable bonds is 5. The van der Waals surface area contributed by atoms with Crippen molar-refractivity contribution < 1.29 is 0 Å². The number of nitrogens with one attached hydrogen (secondary N) is 1. The Labute approximate surface area is 112 Å². The summed E-state index contributed by atoms with van der Waals surface area (Å²) in [5, 5.41) is 6.62. The first kappa shape index (κ1) is 13.2. The van der Waals surface area contributed by atoms with Crippen LogP contribution in [0.2, 0.25) is 0 Å². The van der Waals surface area contributed by atoms with Crippen LogP contribution in [0.15, 0.2) is 23.7 Å². The Balaban J connectivity index is 2.22. The van der Waals surface area contributed by atoms with Crippen LogP contribution < -0.4 is 5.32 Å². The minimum atomic E-state index is 0.242. The second-order valence-corrected chi connectivity index (χ2v) is 5.27. The number of nitrogens with zero attached hydrogens (tertiary/aromatic N) is 2. The van der Waals surface area contributed by atoms with E-state index in [0.717, 1.165) is 24.2 Å². The Hall–Kier alpha value is -1.26. The van der Waals surface area contributed by atoms with E-state index in [-0.39, 0.29) is 6.04 Å². The molecule has 0 aliphatic heterocycles. The maximum absolute atomic E-state index is 4.54. The van der Waals surface area contributed by atoms with Crippen LogP contribution in [0.5, 0.6) is 0 Å².